The van der Waals surface area contributed by atoms with Gasteiger partial charge < -0.3 is 19.9 Å². The van der Waals surface area contributed by atoms with Crippen molar-refractivity contribution in [1.82, 2.24) is 5.32 Å². The number of carboxylic acid groups (broad SMARTS) is 1. The zero-order valence-electron chi connectivity index (χ0n) is 14.2. The average Bonchev–Trinajstić information content (AvgIpc) is 2.50. The van der Waals surface area contributed by atoms with Crippen LogP contribution < -0.4 is 14.8 Å². The lowest BCUT2D eigenvalue weighted by molar-refractivity contribution is -0.152. The number of methoxy groups -OCH3 is 1. The molecule has 1 amide bonds. The van der Waals surface area contributed by atoms with Crippen molar-refractivity contribution in [1.29, 1.82) is 0 Å². The molecule has 1 saturated carbocycles. The third-order valence-electron chi connectivity index (χ3n) is 4.40. The summed E-state index contributed by atoms with van der Waals surface area (Å²) >= 11 is 0. The van der Waals surface area contributed by atoms with Gasteiger partial charge in [-0.2, -0.15) is 0 Å². The molecular formula is C18H25NO5. The highest BCUT2D eigenvalue weighted by molar-refractivity contribution is 5.86. The highest BCUT2D eigenvalue weighted by Crippen LogP contribution is 2.34. The van der Waals surface area contributed by atoms with Gasteiger partial charge in [0.15, 0.2) is 11.5 Å². The fourth-order valence-corrected chi connectivity index (χ4v) is 2.89. The van der Waals surface area contributed by atoms with E-state index in [0.717, 1.165) is 24.2 Å². The lowest BCUT2D eigenvalue weighted by Crippen LogP contribution is -2.44. The van der Waals surface area contributed by atoms with E-state index in [1.54, 1.807) is 7.11 Å². The van der Waals surface area contributed by atoms with Gasteiger partial charge in [-0.05, 0) is 50.3 Å². The summed E-state index contributed by atoms with van der Waals surface area (Å²) in [6.45, 7) is 3.03. The van der Waals surface area contributed by atoms with Crippen molar-refractivity contribution in [3.8, 4) is 11.5 Å². The molecule has 2 N–H and O–H groups in total. The Balaban J connectivity index is 1.77. The van der Waals surface area contributed by atoms with Crippen molar-refractivity contribution in [2.45, 2.75) is 32.6 Å². The van der Waals surface area contributed by atoms with Gasteiger partial charge in [-0.1, -0.05) is 6.07 Å². The number of rotatable bonds is 9. The topological polar surface area (TPSA) is 84.9 Å². The largest absolute Gasteiger partial charge is 0.493 e. The quantitative estimate of drug-likeness (QED) is 0.676. The highest BCUT2D eigenvalue weighted by Gasteiger charge is 2.41. The Morgan fingerprint density at radius 2 is 2.00 bits per heavy atom. The van der Waals surface area contributed by atoms with Crippen LogP contribution in [0.1, 0.15) is 31.7 Å². The van der Waals surface area contributed by atoms with Crippen molar-refractivity contribution in [2.24, 2.45) is 11.8 Å². The number of nitrogens with one attached hydrogen (secondary N) is 1. The van der Waals surface area contributed by atoms with Gasteiger partial charge >= 0.3 is 5.97 Å². The minimum Gasteiger partial charge on any atom is -0.493 e. The number of amides is 1. The molecule has 2 unspecified atom stereocenters. The molecule has 6 heteroatoms. The minimum atomic E-state index is -0.872. The van der Waals surface area contributed by atoms with E-state index in [-0.39, 0.29) is 11.8 Å². The molecule has 0 aromatic heterocycles. The Hall–Kier alpha value is -2.24. The van der Waals surface area contributed by atoms with Crippen LogP contribution in [0.2, 0.25) is 0 Å². The van der Waals surface area contributed by atoms with E-state index in [9.17, 15) is 9.59 Å². The maximum atomic E-state index is 12.0. The first-order valence-electron chi connectivity index (χ1n) is 8.37. The van der Waals surface area contributed by atoms with Crippen molar-refractivity contribution >= 4 is 11.9 Å². The van der Waals surface area contributed by atoms with Crippen molar-refractivity contribution in [3.05, 3.63) is 23.8 Å². The summed E-state index contributed by atoms with van der Waals surface area (Å²) in [5, 5.41) is 11.8. The molecule has 2 atom stereocenters. The number of carbonyl (C=O) groups is 2. The van der Waals surface area contributed by atoms with Crippen LogP contribution in [-0.4, -0.2) is 37.2 Å². The van der Waals surface area contributed by atoms with Gasteiger partial charge in [0, 0.05) is 6.54 Å². The molecule has 132 valence electrons. The Kier molecular flexibility index (Phi) is 6.46. The van der Waals surface area contributed by atoms with Crippen LogP contribution >= 0.6 is 0 Å². The standard InChI is InChI=1S/C18H25NO5/c1-3-24-16-11-12(6-9-15(16)23-2)5-4-10-19-17(20)13-7-8-14(13)18(21)22/h6,9,11,13-14H,3-5,7-8,10H2,1-2H3,(H,19,20)(H,21,22). The maximum Gasteiger partial charge on any atom is 0.307 e. The van der Waals surface area contributed by atoms with Crippen LogP contribution in [0.5, 0.6) is 11.5 Å². The fourth-order valence-electron chi connectivity index (χ4n) is 2.89. The van der Waals surface area contributed by atoms with Crippen LogP contribution in [0, 0.1) is 11.8 Å². The summed E-state index contributed by atoms with van der Waals surface area (Å²) in [6.07, 6.45) is 2.85. The lowest BCUT2D eigenvalue weighted by Gasteiger charge is -2.31. The number of ether oxygens (including phenoxy) is 2. The first-order chi connectivity index (χ1) is 11.6. The summed E-state index contributed by atoms with van der Waals surface area (Å²) in [5.41, 5.74) is 1.11. The highest BCUT2D eigenvalue weighted by atomic mass is 16.5. The molecule has 0 aliphatic heterocycles. The van der Waals surface area contributed by atoms with Gasteiger partial charge in [-0.3, -0.25) is 9.59 Å². The Bertz CT molecular complexity index is 587. The van der Waals surface area contributed by atoms with E-state index in [0.29, 0.717) is 31.7 Å². The molecule has 24 heavy (non-hydrogen) atoms. The average molecular weight is 335 g/mol. The SMILES string of the molecule is CCOc1cc(CCCNC(=O)C2CCC2C(=O)O)ccc1OC. The molecule has 1 aromatic carbocycles. The second-order valence-electron chi connectivity index (χ2n) is 5.94. The molecule has 1 aliphatic carbocycles. The zero-order chi connectivity index (χ0) is 17.5. The van der Waals surface area contributed by atoms with E-state index in [4.69, 9.17) is 14.6 Å². The third-order valence-corrected chi connectivity index (χ3v) is 4.40. The molecule has 6 nitrogen and oxygen atoms in total. The summed E-state index contributed by atoms with van der Waals surface area (Å²) in [7, 11) is 1.61. The van der Waals surface area contributed by atoms with Crippen LogP contribution in [0.25, 0.3) is 0 Å². The van der Waals surface area contributed by atoms with Crippen LogP contribution in [0.15, 0.2) is 18.2 Å². The fraction of sp³-hybridized carbons (Fsp3) is 0.556. The second kappa shape index (κ2) is 8.57. The maximum absolute atomic E-state index is 12.0. The Labute approximate surface area is 142 Å². The number of hydrogen-bond acceptors (Lipinski definition) is 4. The van der Waals surface area contributed by atoms with E-state index >= 15 is 0 Å². The smallest absolute Gasteiger partial charge is 0.307 e. The summed E-state index contributed by atoms with van der Waals surface area (Å²) in [5.74, 6) is -0.464. The predicted octanol–water partition coefficient (Wildman–Crippen LogP) is 2.25. The summed E-state index contributed by atoms with van der Waals surface area (Å²) < 4.78 is 10.8. The van der Waals surface area contributed by atoms with E-state index in [1.807, 2.05) is 25.1 Å². The molecule has 0 saturated heterocycles. The van der Waals surface area contributed by atoms with Crippen LogP contribution in [-0.2, 0) is 16.0 Å². The number of aryl methyl sites for hydroxylation is 1. The number of benzene rings is 1. The third kappa shape index (κ3) is 4.40. The normalized spacial score (nSPS) is 19.2. The molecule has 0 radical (unpaired) electrons. The molecular weight excluding hydrogens is 310 g/mol. The summed E-state index contributed by atoms with van der Waals surface area (Å²) in [4.78, 5) is 22.9. The van der Waals surface area contributed by atoms with Crippen LogP contribution in [0.3, 0.4) is 0 Å². The Morgan fingerprint density at radius 3 is 2.58 bits per heavy atom. The molecule has 2 rings (SSSR count). The minimum absolute atomic E-state index is 0.140. The first-order valence-corrected chi connectivity index (χ1v) is 8.37. The zero-order valence-corrected chi connectivity index (χ0v) is 14.2. The van der Waals surface area contributed by atoms with Gasteiger partial charge in [0.2, 0.25) is 5.91 Å². The molecule has 0 spiro atoms. The molecule has 0 bridgehead atoms. The van der Waals surface area contributed by atoms with Gasteiger partial charge in [0.05, 0.1) is 25.6 Å². The lowest BCUT2D eigenvalue weighted by atomic mass is 9.73. The second-order valence-corrected chi connectivity index (χ2v) is 5.94. The molecule has 0 heterocycles. The van der Waals surface area contributed by atoms with E-state index < -0.39 is 11.9 Å². The van der Waals surface area contributed by atoms with Gasteiger partial charge in [-0.25, -0.2) is 0 Å². The monoisotopic (exact) mass is 335 g/mol. The number of hydrogen-bond donors (Lipinski definition) is 2. The van der Waals surface area contributed by atoms with Crippen molar-refractivity contribution < 1.29 is 24.2 Å². The molecule has 1 aliphatic rings. The van der Waals surface area contributed by atoms with E-state index in [1.165, 1.54) is 0 Å². The van der Waals surface area contributed by atoms with E-state index in [2.05, 4.69) is 5.32 Å². The predicted molar refractivity (Wildman–Crippen MR) is 89.3 cm³/mol. The number of carboxylic acids is 1. The van der Waals surface area contributed by atoms with Crippen molar-refractivity contribution in [2.75, 3.05) is 20.3 Å². The number of aliphatic carboxylic acids is 1. The van der Waals surface area contributed by atoms with Crippen molar-refractivity contribution in [3.63, 3.8) is 0 Å². The molecule has 1 aromatic rings. The summed E-state index contributed by atoms with van der Waals surface area (Å²) in [6, 6.07) is 5.82. The Morgan fingerprint density at radius 1 is 1.25 bits per heavy atom. The van der Waals surface area contributed by atoms with Gasteiger partial charge in [0.25, 0.3) is 0 Å². The first kappa shape index (κ1) is 18.1. The molecule has 1 fully saturated rings. The van der Waals surface area contributed by atoms with Gasteiger partial charge in [-0.15, -0.1) is 0 Å². The van der Waals surface area contributed by atoms with Gasteiger partial charge in [0.1, 0.15) is 0 Å². The number of carbonyl (C=O) groups excluding carboxylic acids is 1. The van der Waals surface area contributed by atoms with Crippen LogP contribution in [0.4, 0.5) is 0 Å².